The highest BCUT2D eigenvalue weighted by atomic mass is 79.9. The molecular weight excluding hydrogens is 1220 g/mol. The molecule has 0 radical (unpaired) electrons. The lowest BCUT2D eigenvalue weighted by molar-refractivity contribution is 0.573. The molecule has 24 heteroatoms. The smallest absolute Gasteiger partial charge is 0.239 e. The van der Waals surface area contributed by atoms with Crippen LogP contribution in [0.15, 0.2) is 174 Å². The van der Waals surface area contributed by atoms with Gasteiger partial charge in [0.15, 0.2) is 0 Å². The SMILES string of the molecule is Cn1cc(-c2ccc(CN)c(F)c2)cn1.Cn1cc(-c2ccc(CN3c4ccccc4CS3(=O)=O)c(F)c2)cn1.Cn1cc(-c2ccc(CNS(=O)(=O)Cc3ccccc3Br)c(F)c2)cn1.O=S(=O)(Cl)Cc1ccccc1Br. The van der Waals surface area contributed by atoms with E-state index in [1.54, 1.807) is 150 Å². The summed E-state index contributed by atoms with van der Waals surface area (Å²) in [5.41, 5.74) is 14.0. The molecule has 4 heterocycles. The van der Waals surface area contributed by atoms with E-state index in [-0.39, 0.29) is 48.3 Å². The number of aryl methyl sites for hydroxylation is 3. The standard InChI is InChI=1S/C18H17BrFN3O2S.C18H16FN3O2S.C11H12FN3.C7H6BrClO2S/c1-23-11-16(9-21-23)13-6-7-14(18(20)8-13)10-22-26(24,25)12-15-4-2-3-5-17(15)19;1-21-10-16(9-20-21)13-6-7-14(17(19)8-13)11-22-18-5-3-2-4-15(18)12-25(22,23)24;1-15-7-10(6-14-15)8-2-3-9(5-13)11(12)4-8;8-7-4-2-1-3-6(7)5-12(9,10)11/h2-9,11,22H,10,12H2,1H3;2-10H,11-12H2,1H3;2-4,6-7H,5,13H2,1H3;1-4H,5H2. The molecule has 10 rings (SSSR count). The average Bonchev–Trinajstić information content (AvgIpc) is 4.32. The van der Waals surface area contributed by atoms with Gasteiger partial charge in [-0.25, -0.2) is 43.1 Å². The maximum absolute atomic E-state index is 14.6. The number of para-hydroxylation sites is 1. The molecule has 0 amide bonds. The first-order valence-electron chi connectivity index (χ1n) is 23.4. The van der Waals surface area contributed by atoms with E-state index in [0.717, 1.165) is 36.8 Å². The quantitative estimate of drug-likeness (QED) is 0.105. The summed E-state index contributed by atoms with van der Waals surface area (Å²) in [7, 11) is -0.0154. The van der Waals surface area contributed by atoms with Gasteiger partial charge >= 0.3 is 0 Å². The molecular formula is C54H51Br2ClF3N9O6S3. The van der Waals surface area contributed by atoms with E-state index in [1.165, 1.54) is 22.5 Å². The molecule has 3 aromatic heterocycles. The molecule has 15 nitrogen and oxygen atoms in total. The number of hydrogen-bond donors (Lipinski definition) is 2. The first kappa shape index (κ1) is 59.2. The van der Waals surface area contributed by atoms with Gasteiger partial charge in [0.05, 0.1) is 48.1 Å². The summed E-state index contributed by atoms with van der Waals surface area (Å²) in [6.45, 7) is 0.101. The Morgan fingerprint density at radius 2 is 1.00 bits per heavy atom. The molecule has 0 bridgehead atoms. The highest BCUT2D eigenvalue weighted by Gasteiger charge is 2.33. The number of hydrogen-bond acceptors (Lipinski definition) is 10. The third-order valence-corrected chi connectivity index (χ3v) is 17.3. The van der Waals surface area contributed by atoms with Gasteiger partial charge in [0.25, 0.3) is 0 Å². The van der Waals surface area contributed by atoms with Crippen LogP contribution in [0.2, 0.25) is 0 Å². The fraction of sp³-hybridized carbons (Fsp3) is 0.167. The summed E-state index contributed by atoms with van der Waals surface area (Å²) in [4.78, 5) is 0. The molecule has 0 spiro atoms. The molecule has 0 aliphatic carbocycles. The van der Waals surface area contributed by atoms with E-state index in [9.17, 15) is 38.4 Å². The van der Waals surface area contributed by atoms with E-state index < -0.39 is 40.7 Å². The van der Waals surface area contributed by atoms with E-state index >= 15 is 0 Å². The summed E-state index contributed by atoms with van der Waals surface area (Å²) >= 11 is 6.56. The summed E-state index contributed by atoms with van der Waals surface area (Å²) in [6, 6.07) is 35.9. The number of nitrogens with two attached hydrogens (primary N) is 1. The highest BCUT2D eigenvalue weighted by Crippen LogP contribution is 2.35. The number of benzene rings is 6. The van der Waals surface area contributed by atoms with Crippen molar-refractivity contribution in [3.63, 3.8) is 0 Å². The van der Waals surface area contributed by atoms with Gasteiger partial charge in [-0.1, -0.05) is 123 Å². The van der Waals surface area contributed by atoms with Crippen molar-refractivity contribution in [2.45, 2.75) is 36.9 Å². The number of fused-ring (bicyclic) bond motifs is 1. The van der Waals surface area contributed by atoms with Crippen molar-refractivity contribution in [2.75, 3.05) is 4.31 Å². The molecule has 0 fully saturated rings. The Balaban J connectivity index is 0.000000158. The van der Waals surface area contributed by atoms with E-state index in [2.05, 4.69) is 51.9 Å². The summed E-state index contributed by atoms with van der Waals surface area (Å²) in [6.07, 6.45) is 10.4. The van der Waals surface area contributed by atoms with Gasteiger partial charge in [-0.05, 0) is 69.8 Å². The average molecular weight is 1270 g/mol. The van der Waals surface area contributed by atoms with Crippen LogP contribution >= 0.6 is 42.5 Å². The number of rotatable bonds is 13. The van der Waals surface area contributed by atoms with Crippen LogP contribution in [0.3, 0.4) is 0 Å². The van der Waals surface area contributed by atoms with Crippen molar-refractivity contribution in [1.29, 1.82) is 0 Å². The first-order valence-corrected chi connectivity index (χ1v) is 30.8. The third-order valence-electron chi connectivity index (χ3n) is 11.8. The number of aromatic nitrogens is 6. The molecule has 0 unspecified atom stereocenters. The monoisotopic (exact) mass is 1270 g/mol. The number of anilines is 1. The number of nitrogens with one attached hydrogen (secondary N) is 1. The zero-order valence-corrected chi connectivity index (χ0v) is 48.4. The van der Waals surface area contributed by atoms with E-state index in [4.69, 9.17) is 16.4 Å². The lowest BCUT2D eigenvalue weighted by atomic mass is 10.1. The highest BCUT2D eigenvalue weighted by molar-refractivity contribution is 9.10. The zero-order valence-electron chi connectivity index (χ0n) is 42.0. The van der Waals surface area contributed by atoms with Gasteiger partial charge in [-0.3, -0.25) is 18.4 Å². The maximum Gasteiger partial charge on any atom is 0.239 e. The van der Waals surface area contributed by atoms with Crippen molar-refractivity contribution in [3.05, 3.63) is 224 Å². The third kappa shape index (κ3) is 16.3. The lowest BCUT2D eigenvalue weighted by Crippen LogP contribution is -2.26. The van der Waals surface area contributed by atoms with Crippen molar-refractivity contribution >= 4 is 77.3 Å². The Morgan fingerprint density at radius 1 is 0.577 bits per heavy atom. The van der Waals surface area contributed by atoms with Crippen LogP contribution in [0.25, 0.3) is 33.4 Å². The van der Waals surface area contributed by atoms with Crippen LogP contribution in [0.1, 0.15) is 33.4 Å². The van der Waals surface area contributed by atoms with E-state index in [0.29, 0.717) is 39.1 Å². The number of nitrogens with zero attached hydrogens (tertiary/aromatic N) is 7. The second-order valence-corrected chi connectivity index (χ2v) is 25.9. The lowest BCUT2D eigenvalue weighted by Gasteiger charge is -2.19. The molecule has 0 saturated heterocycles. The Hall–Kier alpha value is -6.44. The van der Waals surface area contributed by atoms with Crippen LogP contribution in [-0.4, -0.2) is 54.6 Å². The van der Waals surface area contributed by atoms with Gasteiger partial charge in [-0.2, -0.15) is 15.3 Å². The second kappa shape index (κ2) is 26.0. The predicted molar refractivity (Wildman–Crippen MR) is 305 cm³/mol. The molecule has 1 aliphatic rings. The maximum atomic E-state index is 14.6. The van der Waals surface area contributed by atoms with Crippen LogP contribution < -0.4 is 14.8 Å². The molecule has 0 atom stereocenters. The summed E-state index contributed by atoms with van der Waals surface area (Å²) < 4.78 is 123. The molecule has 408 valence electrons. The zero-order chi connectivity index (χ0) is 56.4. The Labute approximate surface area is 472 Å². The largest absolute Gasteiger partial charge is 0.326 e. The van der Waals surface area contributed by atoms with Crippen LogP contribution in [0.5, 0.6) is 0 Å². The normalized spacial score (nSPS) is 12.6. The van der Waals surface area contributed by atoms with Crippen molar-refractivity contribution < 1.29 is 38.4 Å². The van der Waals surface area contributed by atoms with Gasteiger partial charge in [0.2, 0.25) is 29.1 Å². The molecule has 78 heavy (non-hydrogen) atoms. The Morgan fingerprint density at radius 3 is 1.42 bits per heavy atom. The molecule has 0 saturated carbocycles. The Bertz CT molecular complexity index is 3920. The van der Waals surface area contributed by atoms with Crippen LogP contribution in [0.4, 0.5) is 18.9 Å². The first-order chi connectivity index (χ1) is 37.0. The van der Waals surface area contributed by atoms with Crippen LogP contribution in [-0.2, 0) is 87.1 Å². The fourth-order valence-electron chi connectivity index (χ4n) is 7.83. The second-order valence-electron chi connectivity index (χ2n) is 17.7. The predicted octanol–water partition coefficient (Wildman–Crippen LogP) is 10.9. The van der Waals surface area contributed by atoms with Gasteiger partial charge < -0.3 is 5.73 Å². The van der Waals surface area contributed by atoms with Crippen LogP contribution in [0, 0.1) is 17.5 Å². The van der Waals surface area contributed by atoms with Crippen molar-refractivity contribution in [2.24, 2.45) is 26.9 Å². The molecule has 9 aromatic rings. The number of halogens is 6. The minimum Gasteiger partial charge on any atom is -0.326 e. The van der Waals surface area contributed by atoms with Crippen molar-refractivity contribution in [1.82, 2.24) is 34.1 Å². The number of sulfonamides is 2. The molecule has 1 aliphatic heterocycles. The molecule has 6 aromatic carbocycles. The Kier molecular flexibility index (Phi) is 19.8. The topological polar surface area (TPSA) is 197 Å². The van der Waals surface area contributed by atoms with Gasteiger partial charge in [0, 0.05) is 106 Å². The van der Waals surface area contributed by atoms with Gasteiger partial charge in [0.1, 0.15) is 17.5 Å². The fourth-order valence-corrected chi connectivity index (χ4v) is 12.8. The summed E-state index contributed by atoms with van der Waals surface area (Å²) in [5.74, 6) is -1.52. The van der Waals surface area contributed by atoms with E-state index in [1.807, 2.05) is 31.4 Å². The molecule has 3 N–H and O–H groups in total. The minimum atomic E-state index is -3.59. The van der Waals surface area contributed by atoms with Crippen molar-refractivity contribution in [3.8, 4) is 33.4 Å². The summed E-state index contributed by atoms with van der Waals surface area (Å²) in [5, 5.41) is 12.2. The van der Waals surface area contributed by atoms with Gasteiger partial charge in [-0.15, -0.1) is 0 Å². The minimum absolute atomic E-state index is 0.0154.